The van der Waals surface area contributed by atoms with Crippen LogP contribution in [0.1, 0.15) is 18.4 Å². The van der Waals surface area contributed by atoms with Gasteiger partial charge in [0.15, 0.2) is 0 Å². The molecule has 0 radical (unpaired) electrons. The standard InChI is InChI=1S/C14H18ClNO3/c1-19-9-8-16-14(13(17)18,10-2-3-10)11-4-6-12(15)7-5-11/h4-7,10,16H,2-3,8-9H2,1H3,(H,17,18). The number of methoxy groups -OCH3 is 1. The highest BCUT2D eigenvalue weighted by molar-refractivity contribution is 6.30. The van der Waals surface area contributed by atoms with Gasteiger partial charge in [0.2, 0.25) is 0 Å². The Balaban J connectivity index is 2.31. The second-order valence-electron chi connectivity index (χ2n) is 4.81. The molecule has 0 saturated heterocycles. The molecule has 0 aromatic heterocycles. The van der Waals surface area contributed by atoms with Crippen molar-refractivity contribution in [3.63, 3.8) is 0 Å². The van der Waals surface area contributed by atoms with E-state index in [-0.39, 0.29) is 5.92 Å². The van der Waals surface area contributed by atoms with Crippen molar-refractivity contribution >= 4 is 17.6 Å². The maximum absolute atomic E-state index is 11.8. The Morgan fingerprint density at radius 2 is 2.11 bits per heavy atom. The monoisotopic (exact) mass is 283 g/mol. The van der Waals surface area contributed by atoms with Gasteiger partial charge in [-0.3, -0.25) is 5.32 Å². The van der Waals surface area contributed by atoms with Gasteiger partial charge in [0.25, 0.3) is 0 Å². The molecule has 0 amide bonds. The molecule has 1 aliphatic carbocycles. The van der Waals surface area contributed by atoms with Crippen LogP contribution in [0, 0.1) is 5.92 Å². The summed E-state index contributed by atoms with van der Waals surface area (Å²) in [5.41, 5.74) is -0.272. The number of ether oxygens (including phenoxy) is 1. The Morgan fingerprint density at radius 3 is 2.58 bits per heavy atom. The highest BCUT2D eigenvalue weighted by atomic mass is 35.5. The van der Waals surface area contributed by atoms with Crippen LogP contribution in [0.2, 0.25) is 5.02 Å². The van der Waals surface area contributed by atoms with Crippen molar-refractivity contribution in [2.75, 3.05) is 20.3 Å². The Hall–Kier alpha value is -1.10. The van der Waals surface area contributed by atoms with Gasteiger partial charge >= 0.3 is 5.97 Å². The number of aliphatic carboxylic acids is 1. The average Bonchev–Trinajstić information content (AvgIpc) is 3.20. The zero-order chi connectivity index (χ0) is 13.9. The Kier molecular flexibility index (Phi) is 4.45. The lowest BCUT2D eigenvalue weighted by atomic mass is 9.85. The van der Waals surface area contributed by atoms with E-state index in [2.05, 4.69) is 5.32 Å². The minimum atomic E-state index is -1.02. The van der Waals surface area contributed by atoms with E-state index in [0.717, 1.165) is 18.4 Å². The molecule has 2 rings (SSSR count). The van der Waals surface area contributed by atoms with E-state index in [4.69, 9.17) is 16.3 Å². The minimum Gasteiger partial charge on any atom is -0.480 e. The van der Waals surface area contributed by atoms with Crippen LogP contribution in [0.5, 0.6) is 0 Å². The number of halogens is 1. The van der Waals surface area contributed by atoms with Crippen molar-refractivity contribution in [2.45, 2.75) is 18.4 Å². The van der Waals surface area contributed by atoms with Gasteiger partial charge in [-0.1, -0.05) is 23.7 Å². The van der Waals surface area contributed by atoms with Gasteiger partial charge in [0, 0.05) is 18.7 Å². The van der Waals surface area contributed by atoms with Crippen LogP contribution >= 0.6 is 11.6 Å². The summed E-state index contributed by atoms with van der Waals surface area (Å²) in [6, 6.07) is 7.03. The summed E-state index contributed by atoms with van der Waals surface area (Å²) >= 11 is 5.88. The van der Waals surface area contributed by atoms with E-state index in [1.807, 2.05) is 0 Å². The first-order valence-corrected chi connectivity index (χ1v) is 6.72. The van der Waals surface area contributed by atoms with E-state index in [9.17, 15) is 9.90 Å². The molecular formula is C14H18ClNO3. The van der Waals surface area contributed by atoms with Crippen LogP contribution in [0.25, 0.3) is 0 Å². The lowest BCUT2D eigenvalue weighted by Crippen LogP contribution is -2.52. The highest BCUT2D eigenvalue weighted by Gasteiger charge is 2.52. The fraction of sp³-hybridized carbons (Fsp3) is 0.500. The molecule has 4 nitrogen and oxygen atoms in total. The van der Waals surface area contributed by atoms with E-state index in [1.165, 1.54) is 0 Å². The molecule has 0 heterocycles. The first-order chi connectivity index (χ1) is 9.11. The lowest BCUT2D eigenvalue weighted by molar-refractivity contribution is -0.146. The number of hydrogen-bond acceptors (Lipinski definition) is 3. The molecule has 1 aliphatic rings. The van der Waals surface area contributed by atoms with E-state index < -0.39 is 11.5 Å². The molecule has 2 N–H and O–H groups in total. The SMILES string of the molecule is COCCNC(C(=O)O)(c1ccc(Cl)cc1)C1CC1. The Labute approximate surface area is 117 Å². The molecule has 19 heavy (non-hydrogen) atoms. The van der Waals surface area contributed by atoms with Gasteiger partial charge in [-0.05, 0) is 36.5 Å². The lowest BCUT2D eigenvalue weighted by Gasteiger charge is -2.31. The van der Waals surface area contributed by atoms with Crippen molar-refractivity contribution in [1.82, 2.24) is 5.32 Å². The fourth-order valence-corrected chi connectivity index (χ4v) is 2.56. The third-order valence-electron chi connectivity index (χ3n) is 3.54. The van der Waals surface area contributed by atoms with Gasteiger partial charge in [-0.15, -0.1) is 0 Å². The van der Waals surface area contributed by atoms with Crippen LogP contribution in [0.4, 0.5) is 0 Å². The predicted molar refractivity (Wildman–Crippen MR) is 73.4 cm³/mol. The zero-order valence-electron chi connectivity index (χ0n) is 10.9. The van der Waals surface area contributed by atoms with Gasteiger partial charge in [-0.2, -0.15) is 0 Å². The number of hydrogen-bond donors (Lipinski definition) is 2. The molecule has 1 unspecified atom stereocenters. The number of benzene rings is 1. The smallest absolute Gasteiger partial charge is 0.328 e. The number of carboxylic acid groups (broad SMARTS) is 1. The number of rotatable bonds is 7. The molecule has 1 saturated carbocycles. The first-order valence-electron chi connectivity index (χ1n) is 6.34. The summed E-state index contributed by atoms with van der Waals surface area (Å²) in [5, 5.41) is 13.5. The molecule has 104 valence electrons. The summed E-state index contributed by atoms with van der Waals surface area (Å²) in [6.07, 6.45) is 1.85. The number of carbonyl (C=O) groups is 1. The predicted octanol–water partition coefficient (Wildman–Crippen LogP) is 2.27. The van der Waals surface area contributed by atoms with Crippen LogP contribution in [0.3, 0.4) is 0 Å². The first kappa shape index (κ1) is 14.3. The maximum Gasteiger partial charge on any atom is 0.328 e. The summed E-state index contributed by atoms with van der Waals surface area (Å²) in [5.74, 6) is -0.712. The number of carboxylic acids is 1. The normalized spacial score (nSPS) is 18.0. The topological polar surface area (TPSA) is 58.6 Å². The second-order valence-corrected chi connectivity index (χ2v) is 5.25. The molecule has 1 atom stereocenters. The van der Waals surface area contributed by atoms with Crippen LogP contribution < -0.4 is 5.32 Å². The summed E-state index contributed by atoms with van der Waals surface area (Å²) in [4.78, 5) is 11.8. The largest absolute Gasteiger partial charge is 0.480 e. The molecule has 5 heteroatoms. The van der Waals surface area contributed by atoms with Gasteiger partial charge in [0.1, 0.15) is 5.54 Å². The van der Waals surface area contributed by atoms with Crippen molar-refractivity contribution in [3.8, 4) is 0 Å². The van der Waals surface area contributed by atoms with E-state index in [1.54, 1.807) is 31.4 Å². The van der Waals surface area contributed by atoms with Crippen molar-refractivity contribution < 1.29 is 14.6 Å². The molecule has 0 aliphatic heterocycles. The van der Waals surface area contributed by atoms with Crippen molar-refractivity contribution in [1.29, 1.82) is 0 Å². The minimum absolute atomic E-state index is 0.128. The highest BCUT2D eigenvalue weighted by Crippen LogP contribution is 2.46. The molecule has 0 bridgehead atoms. The third-order valence-corrected chi connectivity index (χ3v) is 3.79. The average molecular weight is 284 g/mol. The number of nitrogens with one attached hydrogen (secondary N) is 1. The van der Waals surface area contributed by atoms with E-state index in [0.29, 0.717) is 18.2 Å². The molecule has 1 aromatic carbocycles. The maximum atomic E-state index is 11.8. The summed E-state index contributed by atoms with van der Waals surface area (Å²) < 4.78 is 5.00. The molecular weight excluding hydrogens is 266 g/mol. The summed E-state index contributed by atoms with van der Waals surface area (Å²) in [7, 11) is 1.60. The van der Waals surface area contributed by atoms with Crippen molar-refractivity contribution in [2.24, 2.45) is 5.92 Å². The molecule has 1 fully saturated rings. The van der Waals surface area contributed by atoms with Gasteiger partial charge in [0.05, 0.1) is 6.61 Å². The molecule has 1 aromatic rings. The summed E-state index contributed by atoms with van der Waals surface area (Å²) in [6.45, 7) is 0.983. The van der Waals surface area contributed by atoms with Gasteiger partial charge < -0.3 is 9.84 Å². The molecule has 0 spiro atoms. The van der Waals surface area contributed by atoms with Crippen LogP contribution in [-0.4, -0.2) is 31.3 Å². The van der Waals surface area contributed by atoms with Crippen LogP contribution in [-0.2, 0) is 15.1 Å². The fourth-order valence-electron chi connectivity index (χ4n) is 2.44. The van der Waals surface area contributed by atoms with E-state index >= 15 is 0 Å². The third kappa shape index (κ3) is 2.91. The van der Waals surface area contributed by atoms with Crippen LogP contribution in [0.15, 0.2) is 24.3 Å². The quantitative estimate of drug-likeness (QED) is 0.754. The Bertz CT molecular complexity index is 445. The zero-order valence-corrected chi connectivity index (χ0v) is 11.6. The Morgan fingerprint density at radius 1 is 1.47 bits per heavy atom. The van der Waals surface area contributed by atoms with Crippen molar-refractivity contribution in [3.05, 3.63) is 34.9 Å². The van der Waals surface area contributed by atoms with Gasteiger partial charge in [-0.25, -0.2) is 4.79 Å². The second kappa shape index (κ2) is 5.90.